The number of nitrogens with one attached hydrogen (secondary N) is 2. The van der Waals surface area contributed by atoms with Gasteiger partial charge in [-0.1, -0.05) is 29.5 Å². The van der Waals surface area contributed by atoms with E-state index in [1.807, 2.05) is 49.4 Å². The molecule has 0 bridgehead atoms. The van der Waals surface area contributed by atoms with Gasteiger partial charge in [0.15, 0.2) is 5.01 Å². The van der Waals surface area contributed by atoms with E-state index in [4.69, 9.17) is 9.15 Å². The molecule has 0 aliphatic heterocycles. The summed E-state index contributed by atoms with van der Waals surface area (Å²) < 4.78 is 10.9. The van der Waals surface area contributed by atoms with Gasteiger partial charge in [0.05, 0.1) is 6.26 Å². The Morgan fingerprint density at radius 2 is 1.79 bits per heavy atom. The lowest BCUT2D eigenvalue weighted by atomic mass is 10.1. The van der Waals surface area contributed by atoms with E-state index in [0.29, 0.717) is 22.7 Å². The molecule has 2 heterocycles. The van der Waals surface area contributed by atoms with Gasteiger partial charge in [-0.25, -0.2) is 0 Å². The molecular formula is C24H22N4O4S. The molecule has 0 aliphatic carbocycles. The number of carbonyl (C=O) groups is 2. The molecule has 168 valence electrons. The standard InChI is InChI=1S/C24H22N4O4S/c1-16(14-20-8-5-13-31-20)25-22(29)17-9-11-18(12-10-17)26-23(30)24-28-27-21(33-24)15-32-19-6-3-2-4-7-19/h2-13,16H,14-15H2,1H3,(H,25,29)(H,26,30). The van der Waals surface area contributed by atoms with Crippen molar-refractivity contribution in [2.24, 2.45) is 0 Å². The van der Waals surface area contributed by atoms with E-state index >= 15 is 0 Å². The van der Waals surface area contributed by atoms with Crippen molar-refractivity contribution in [3.63, 3.8) is 0 Å². The number of carbonyl (C=O) groups excluding carboxylic acids is 2. The molecule has 8 nitrogen and oxygen atoms in total. The van der Waals surface area contributed by atoms with Crippen molar-refractivity contribution in [2.45, 2.75) is 26.0 Å². The molecule has 2 amide bonds. The van der Waals surface area contributed by atoms with Crippen LogP contribution in [0.4, 0.5) is 5.69 Å². The Morgan fingerprint density at radius 1 is 1.00 bits per heavy atom. The Kier molecular flexibility index (Phi) is 7.11. The van der Waals surface area contributed by atoms with Crippen molar-refractivity contribution in [1.82, 2.24) is 15.5 Å². The van der Waals surface area contributed by atoms with Crippen molar-refractivity contribution in [3.05, 3.63) is 94.3 Å². The predicted molar refractivity (Wildman–Crippen MR) is 124 cm³/mol. The fourth-order valence-corrected chi connectivity index (χ4v) is 3.69. The minimum Gasteiger partial charge on any atom is -0.486 e. The van der Waals surface area contributed by atoms with E-state index in [0.717, 1.165) is 22.8 Å². The second-order valence-electron chi connectivity index (χ2n) is 7.29. The number of anilines is 1. The maximum atomic E-state index is 12.5. The number of furan rings is 1. The molecule has 2 aromatic heterocycles. The molecule has 0 saturated carbocycles. The van der Waals surface area contributed by atoms with Gasteiger partial charge in [0, 0.05) is 23.7 Å². The Balaban J connectivity index is 1.28. The van der Waals surface area contributed by atoms with Crippen LogP contribution in [0.3, 0.4) is 0 Å². The smallest absolute Gasteiger partial charge is 0.286 e. The van der Waals surface area contributed by atoms with Gasteiger partial charge < -0.3 is 19.8 Å². The van der Waals surface area contributed by atoms with Gasteiger partial charge >= 0.3 is 0 Å². The number of nitrogens with zero attached hydrogens (tertiary/aromatic N) is 2. The second-order valence-corrected chi connectivity index (χ2v) is 8.35. The topological polar surface area (TPSA) is 106 Å². The van der Waals surface area contributed by atoms with Crippen molar-refractivity contribution in [1.29, 1.82) is 0 Å². The van der Waals surface area contributed by atoms with Crippen LogP contribution in [0, 0.1) is 0 Å². The van der Waals surface area contributed by atoms with Gasteiger partial charge in [0.2, 0.25) is 5.01 Å². The molecule has 1 atom stereocenters. The maximum absolute atomic E-state index is 12.5. The molecule has 0 fully saturated rings. The van der Waals surface area contributed by atoms with Gasteiger partial charge in [-0.3, -0.25) is 9.59 Å². The summed E-state index contributed by atoms with van der Waals surface area (Å²) in [7, 11) is 0. The molecule has 2 aromatic carbocycles. The zero-order valence-electron chi connectivity index (χ0n) is 17.9. The van der Waals surface area contributed by atoms with Gasteiger partial charge in [-0.2, -0.15) is 0 Å². The van der Waals surface area contributed by atoms with E-state index in [1.165, 1.54) is 0 Å². The zero-order chi connectivity index (χ0) is 23.0. The molecule has 4 aromatic rings. The zero-order valence-corrected chi connectivity index (χ0v) is 18.7. The van der Waals surface area contributed by atoms with Crippen molar-refractivity contribution >= 4 is 28.8 Å². The van der Waals surface area contributed by atoms with Gasteiger partial charge in [0.25, 0.3) is 11.8 Å². The number of aromatic nitrogens is 2. The summed E-state index contributed by atoms with van der Waals surface area (Å²) >= 11 is 1.16. The van der Waals surface area contributed by atoms with E-state index in [9.17, 15) is 9.59 Å². The van der Waals surface area contributed by atoms with Crippen LogP contribution in [0.2, 0.25) is 0 Å². The van der Waals surface area contributed by atoms with Crippen LogP contribution in [0.25, 0.3) is 0 Å². The Bertz CT molecular complexity index is 1190. The summed E-state index contributed by atoms with van der Waals surface area (Å²) in [6.07, 6.45) is 2.21. The van der Waals surface area contributed by atoms with Crippen LogP contribution in [-0.2, 0) is 13.0 Å². The lowest BCUT2D eigenvalue weighted by Gasteiger charge is -2.13. The van der Waals surface area contributed by atoms with E-state index in [2.05, 4.69) is 20.8 Å². The first-order valence-corrected chi connectivity index (χ1v) is 11.1. The number of ether oxygens (including phenoxy) is 1. The minimum absolute atomic E-state index is 0.0829. The average Bonchev–Trinajstić information content (AvgIpc) is 3.51. The summed E-state index contributed by atoms with van der Waals surface area (Å²) in [5.41, 5.74) is 1.05. The van der Waals surface area contributed by atoms with Crippen LogP contribution in [0.1, 0.15) is 37.9 Å². The fraction of sp³-hybridized carbons (Fsp3) is 0.167. The van der Waals surface area contributed by atoms with Crippen molar-refractivity contribution in [2.75, 3.05) is 5.32 Å². The van der Waals surface area contributed by atoms with Crippen LogP contribution >= 0.6 is 11.3 Å². The molecule has 0 radical (unpaired) electrons. The SMILES string of the molecule is CC(Cc1ccco1)NC(=O)c1ccc(NC(=O)c2nnc(COc3ccccc3)s2)cc1. The van der Waals surface area contributed by atoms with E-state index in [-0.39, 0.29) is 29.5 Å². The van der Waals surface area contributed by atoms with E-state index < -0.39 is 0 Å². The summed E-state index contributed by atoms with van der Waals surface area (Å²) in [6, 6.07) is 19.6. The molecule has 0 saturated heterocycles. The number of rotatable bonds is 9. The first-order valence-electron chi connectivity index (χ1n) is 10.3. The highest BCUT2D eigenvalue weighted by molar-refractivity contribution is 7.13. The molecule has 9 heteroatoms. The third-order valence-corrected chi connectivity index (χ3v) is 5.53. The fourth-order valence-electron chi connectivity index (χ4n) is 3.04. The predicted octanol–water partition coefficient (Wildman–Crippen LogP) is 4.32. The number of amides is 2. The highest BCUT2D eigenvalue weighted by Crippen LogP contribution is 2.17. The van der Waals surface area contributed by atoms with E-state index in [1.54, 1.807) is 30.5 Å². The lowest BCUT2D eigenvalue weighted by Crippen LogP contribution is -2.33. The third kappa shape index (κ3) is 6.27. The summed E-state index contributed by atoms with van der Waals surface area (Å²) in [5, 5.41) is 14.5. The Hall–Kier alpha value is -3.98. The minimum atomic E-state index is -0.372. The largest absolute Gasteiger partial charge is 0.486 e. The van der Waals surface area contributed by atoms with Gasteiger partial charge in [-0.05, 0) is 55.5 Å². The first-order chi connectivity index (χ1) is 16.1. The van der Waals surface area contributed by atoms with Gasteiger partial charge in [0.1, 0.15) is 18.1 Å². The second kappa shape index (κ2) is 10.6. The Morgan fingerprint density at radius 3 is 2.52 bits per heavy atom. The Labute approximate surface area is 194 Å². The molecule has 33 heavy (non-hydrogen) atoms. The number of benzene rings is 2. The number of hydrogen-bond donors (Lipinski definition) is 2. The van der Waals surface area contributed by atoms with Crippen LogP contribution in [0.15, 0.2) is 77.4 Å². The highest BCUT2D eigenvalue weighted by atomic mass is 32.1. The molecule has 0 aliphatic rings. The molecule has 1 unspecified atom stereocenters. The normalized spacial score (nSPS) is 11.5. The van der Waals surface area contributed by atoms with Gasteiger partial charge in [-0.15, -0.1) is 10.2 Å². The summed E-state index contributed by atoms with van der Waals surface area (Å²) in [6.45, 7) is 2.15. The average molecular weight is 463 g/mol. The summed E-state index contributed by atoms with van der Waals surface area (Å²) in [5.74, 6) is 0.965. The molecular weight excluding hydrogens is 440 g/mol. The van der Waals surface area contributed by atoms with Crippen LogP contribution < -0.4 is 15.4 Å². The molecule has 4 rings (SSSR count). The monoisotopic (exact) mass is 462 g/mol. The maximum Gasteiger partial charge on any atom is 0.286 e. The molecule has 0 spiro atoms. The van der Waals surface area contributed by atoms with Crippen LogP contribution in [-0.4, -0.2) is 28.1 Å². The quantitative estimate of drug-likeness (QED) is 0.384. The lowest BCUT2D eigenvalue weighted by molar-refractivity contribution is 0.0938. The number of para-hydroxylation sites is 1. The first kappa shape index (κ1) is 22.2. The third-order valence-electron chi connectivity index (χ3n) is 4.64. The highest BCUT2D eigenvalue weighted by Gasteiger charge is 2.15. The number of hydrogen-bond acceptors (Lipinski definition) is 7. The van der Waals surface area contributed by atoms with Crippen molar-refractivity contribution < 1.29 is 18.7 Å². The summed E-state index contributed by atoms with van der Waals surface area (Å²) in [4.78, 5) is 24.9. The molecule has 2 N–H and O–H groups in total. The van der Waals surface area contributed by atoms with Crippen molar-refractivity contribution in [3.8, 4) is 5.75 Å². The van der Waals surface area contributed by atoms with Crippen LogP contribution in [0.5, 0.6) is 5.75 Å².